The zero-order chi connectivity index (χ0) is 14.7. The Morgan fingerprint density at radius 1 is 1.24 bits per heavy atom. The number of aromatic amines is 1. The molecule has 1 saturated carbocycles. The van der Waals surface area contributed by atoms with Gasteiger partial charge in [0.15, 0.2) is 4.77 Å². The van der Waals surface area contributed by atoms with Crippen molar-refractivity contribution in [2.24, 2.45) is 0 Å². The van der Waals surface area contributed by atoms with Gasteiger partial charge in [-0.05, 0) is 37.7 Å². The maximum Gasteiger partial charge on any atom is 0.177 e. The van der Waals surface area contributed by atoms with Gasteiger partial charge in [-0.15, -0.1) is 0 Å². The molecule has 1 aliphatic carbocycles. The van der Waals surface area contributed by atoms with Crippen molar-refractivity contribution < 1.29 is 0 Å². The number of hydrogen-bond acceptors (Lipinski definition) is 2. The molecular formula is C17H23N3S. The first-order valence-corrected chi connectivity index (χ1v) is 8.20. The third-order valence-corrected chi connectivity index (χ3v) is 4.90. The Kier molecular flexibility index (Phi) is 4.56. The predicted molar refractivity (Wildman–Crippen MR) is 89.9 cm³/mol. The van der Waals surface area contributed by atoms with Gasteiger partial charge in [0.05, 0.1) is 5.69 Å². The Balaban J connectivity index is 1.73. The van der Waals surface area contributed by atoms with E-state index in [0.717, 1.165) is 23.9 Å². The number of rotatable bonds is 5. The summed E-state index contributed by atoms with van der Waals surface area (Å²) in [6.07, 6.45) is 7.48. The molecule has 0 bridgehead atoms. The molecule has 0 aliphatic heterocycles. The van der Waals surface area contributed by atoms with Crippen molar-refractivity contribution >= 4 is 12.2 Å². The lowest BCUT2D eigenvalue weighted by Crippen LogP contribution is -2.32. The highest BCUT2D eigenvalue weighted by atomic mass is 32.1. The lowest BCUT2D eigenvalue weighted by molar-refractivity contribution is 0.236. The second kappa shape index (κ2) is 6.58. The highest BCUT2D eigenvalue weighted by Crippen LogP contribution is 2.23. The molecule has 112 valence electrons. The van der Waals surface area contributed by atoms with Crippen LogP contribution in [0.1, 0.15) is 25.7 Å². The van der Waals surface area contributed by atoms with Crippen molar-refractivity contribution in [2.75, 3.05) is 13.6 Å². The second-order valence-corrected chi connectivity index (χ2v) is 6.30. The monoisotopic (exact) mass is 301 g/mol. The molecule has 0 unspecified atom stereocenters. The number of aromatic nitrogens is 2. The van der Waals surface area contributed by atoms with E-state index in [2.05, 4.69) is 45.8 Å². The van der Waals surface area contributed by atoms with E-state index in [-0.39, 0.29) is 0 Å². The van der Waals surface area contributed by atoms with Gasteiger partial charge in [-0.25, -0.2) is 0 Å². The van der Waals surface area contributed by atoms with E-state index in [4.69, 9.17) is 12.2 Å². The Morgan fingerprint density at radius 3 is 2.67 bits per heavy atom. The smallest absolute Gasteiger partial charge is 0.177 e. The predicted octanol–water partition coefficient (Wildman–Crippen LogP) is 4.09. The minimum absolute atomic E-state index is 0.762. The summed E-state index contributed by atoms with van der Waals surface area (Å²) in [6, 6.07) is 11.2. The molecule has 21 heavy (non-hydrogen) atoms. The van der Waals surface area contributed by atoms with Crippen LogP contribution < -0.4 is 0 Å². The molecule has 0 saturated heterocycles. The Hall–Kier alpha value is -1.39. The van der Waals surface area contributed by atoms with Crippen molar-refractivity contribution in [3.63, 3.8) is 0 Å². The Bertz CT molecular complexity index is 623. The SMILES string of the molecule is CN(CCn1c(-c2ccccc2)c[nH]c1=S)C1CCCC1. The summed E-state index contributed by atoms with van der Waals surface area (Å²) in [5.74, 6) is 0. The third kappa shape index (κ3) is 3.27. The largest absolute Gasteiger partial charge is 0.337 e. The standard InChI is InChI=1S/C17H23N3S/c1-19(15-9-5-6-10-15)11-12-20-16(13-18-17(20)21)14-7-3-2-4-8-14/h2-4,7-8,13,15H,5-6,9-12H2,1H3,(H,18,21). The Morgan fingerprint density at radius 2 is 1.95 bits per heavy atom. The molecule has 1 N–H and O–H groups in total. The molecular weight excluding hydrogens is 278 g/mol. The number of imidazole rings is 1. The van der Waals surface area contributed by atoms with Gasteiger partial charge in [-0.3, -0.25) is 0 Å². The topological polar surface area (TPSA) is 24.0 Å². The molecule has 3 rings (SSSR count). The van der Waals surface area contributed by atoms with Crippen LogP contribution in [0.15, 0.2) is 36.5 Å². The summed E-state index contributed by atoms with van der Waals surface area (Å²) in [5, 5.41) is 0. The van der Waals surface area contributed by atoms with E-state index in [0.29, 0.717) is 0 Å². The second-order valence-electron chi connectivity index (χ2n) is 5.92. The van der Waals surface area contributed by atoms with Gasteiger partial charge in [0.1, 0.15) is 0 Å². The molecule has 1 aromatic heterocycles. The molecule has 0 amide bonds. The van der Waals surface area contributed by atoms with Crippen molar-refractivity contribution in [3.05, 3.63) is 41.3 Å². The molecule has 4 heteroatoms. The van der Waals surface area contributed by atoms with Crippen LogP contribution in [-0.4, -0.2) is 34.1 Å². The number of H-pyrrole nitrogens is 1. The Labute approximate surface area is 131 Å². The fourth-order valence-electron chi connectivity index (χ4n) is 3.25. The van der Waals surface area contributed by atoms with E-state index >= 15 is 0 Å². The summed E-state index contributed by atoms with van der Waals surface area (Å²) < 4.78 is 3.03. The number of likely N-dealkylation sites (N-methyl/N-ethyl adjacent to an activating group) is 1. The van der Waals surface area contributed by atoms with E-state index in [9.17, 15) is 0 Å². The molecule has 1 fully saturated rings. The van der Waals surface area contributed by atoms with Gasteiger partial charge in [-0.1, -0.05) is 43.2 Å². The zero-order valence-electron chi connectivity index (χ0n) is 12.6. The first kappa shape index (κ1) is 14.5. The summed E-state index contributed by atoms with van der Waals surface area (Å²) >= 11 is 5.45. The van der Waals surface area contributed by atoms with E-state index in [1.165, 1.54) is 36.9 Å². The van der Waals surface area contributed by atoms with Crippen LogP contribution in [0.3, 0.4) is 0 Å². The van der Waals surface area contributed by atoms with Crippen LogP contribution in [0.4, 0.5) is 0 Å². The fraction of sp³-hybridized carbons (Fsp3) is 0.471. The minimum Gasteiger partial charge on any atom is -0.337 e. The third-order valence-electron chi connectivity index (χ3n) is 4.56. The lowest BCUT2D eigenvalue weighted by Gasteiger charge is -2.24. The van der Waals surface area contributed by atoms with Crippen molar-refractivity contribution in [2.45, 2.75) is 38.3 Å². The van der Waals surface area contributed by atoms with E-state index in [1.54, 1.807) is 0 Å². The number of hydrogen-bond donors (Lipinski definition) is 1. The highest BCUT2D eigenvalue weighted by Gasteiger charge is 2.19. The van der Waals surface area contributed by atoms with Crippen LogP contribution >= 0.6 is 12.2 Å². The summed E-state index contributed by atoms with van der Waals surface area (Å²) in [7, 11) is 2.24. The van der Waals surface area contributed by atoms with Gasteiger partial charge in [0.2, 0.25) is 0 Å². The molecule has 3 nitrogen and oxygen atoms in total. The highest BCUT2D eigenvalue weighted by molar-refractivity contribution is 7.71. The fourth-order valence-corrected chi connectivity index (χ4v) is 3.50. The molecule has 2 aromatic rings. The number of nitrogens with zero attached hydrogens (tertiary/aromatic N) is 2. The maximum atomic E-state index is 5.45. The minimum atomic E-state index is 0.762. The van der Waals surface area contributed by atoms with Crippen LogP contribution in [0.25, 0.3) is 11.3 Å². The van der Waals surface area contributed by atoms with Gasteiger partial charge >= 0.3 is 0 Å². The van der Waals surface area contributed by atoms with Gasteiger partial charge < -0.3 is 14.5 Å². The zero-order valence-corrected chi connectivity index (χ0v) is 13.4. The summed E-state index contributed by atoms with van der Waals surface area (Å²) in [6.45, 7) is 2.00. The molecule has 1 aromatic carbocycles. The number of nitrogens with one attached hydrogen (secondary N) is 1. The summed E-state index contributed by atoms with van der Waals surface area (Å²) in [5.41, 5.74) is 2.40. The quantitative estimate of drug-likeness (QED) is 0.841. The first-order chi connectivity index (χ1) is 10.3. The lowest BCUT2D eigenvalue weighted by atomic mass is 10.2. The van der Waals surface area contributed by atoms with Crippen molar-refractivity contribution in [3.8, 4) is 11.3 Å². The van der Waals surface area contributed by atoms with Crippen LogP contribution in [0, 0.1) is 4.77 Å². The maximum absolute atomic E-state index is 5.45. The molecule has 0 spiro atoms. The molecule has 1 aliphatic rings. The molecule has 0 atom stereocenters. The number of benzene rings is 1. The normalized spacial score (nSPS) is 15.9. The van der Waals surface area contributed by atoms with Crippen molar-refractivity contribution in [1.82, 2.24) is 14.5 Å². The average molecular weight is 301 g/mol. The molecule has 0 radical (unpaired) electrons. The van der Waals surface area contributed by atoms with E-state index in [1.807, 2.05) is 12.3 Å². The van der Waals surface area contributed by atoms with Gasteiger partial charge in [0.25, 0.3) is 0 Å². The van der Waals surface area contributed by atoms with Crippen LogP contribution in [0.2, 0.25) is 0 Å². The van der Waals surface area contributed by atoms with Gasteiger partial charge in [-0.2, -0.15) is 0 Å². The van der Waals surface area contributed by atoms with Crippen LogP contribution in [-0.2, 0) is 6.54 Å². The summed E-state index contributed by atoms with van der Waals surface area (Å²) in [4.78, 5) is 5.68. The van der Waals surface area contributed by atoms with E-state index < -0.39 is 0 Å². The van der Waals surface area contributed by atoms with Gasteiger partial charge in [0, 0.05) is 25.3 Å². The average Bonchev–Trinajstić information content (AvgIpc) is 3.16. The van der Waals surface area contributed by atoms with Crippen molar-refractivity contribution in [1.29, 1.82) is 0 Å². The molecule has 1 heterocycles. The first-order valence-electron chi connectivity index (χ1n) is 7.79. The van der Waals surface area contributed by atoms with Crippen LogP contribution in [0.5, 0.6) is 0 Å².